The Bertz CT molecular complexity index is 1510. The maximum Gasteiger partial charge on any atom is 0.255 e. The van der Waals surface area contributed by atoms with E-state index in [4.69, 9.17) is 10.7 Å². The van der Waals surface area contributed by atoms with Crippen molar-refractivity contribution in [3.05, 3.63) is 125 Å². The maximum absolute atomic E-state index is 13.3. The number of rotatable bonds is 8. The minimum absolute atomic E-state index is 0.172. The third-order valence-corrected chi connectivity index (χ3v) is 6.28. The van der Waals surface area contributed by atoms with E-state index in [0.717, 1.165) is 39.3 Å². The number of carbonyl (C=O) groups excluding carboxylic acids is 1. The Kier molecular flexibility index (Phi) is 6.78. The van der Waals surface area contributed by atoms with E-state index >= 15 is 0 Å². The average Bonchev–Trinajstić information content (AvgIpc) is 3.30. The van der Waals surface area contributed by atoms with Crippen molar-refractivity contribution < 1.29 is 4.79 Å². The third kappa shape index (κ3) is 4.85. The van der Waals surface area contributed by atoms with Crippen LogP contribution in [0.2, 0.25) is 0 Å². The number of imidazole rings is 1. The Morgan fingerprint density at radius 2 is 1.61 bits per heavy atom. The molecule has 0 radical (unpaired) electrons. The molecule has 0 aliphatic carbocycles. The fourth-order valence-electron chi connectivity index (χ4n) is 4.37. The number of anilines is 1. The van der Waals surface area contributed by atoms with E-state index in [1.807, 2.05) is 77.3 Å². The number of aryl methyl sites for hydroxylation is 1. The number of fused-ring (bicyclic) bond motifs is 1. The molecule has 0 atom stereocenters. The predicted octanol–water partition coefficient (Wildman–Crippen LogP) is 5.31. The van der Waals surface area contributed by atoms with E-state index in [1.54, 1.807) is 0 Å². The molecule has 2 heterocycles. The highest BCUT2D eigenvalue weighted by atomic mass is 16.1. The third-order valence-electron chi connectivity index (χ3n) is 6.28. The highest BCUT2D eigenvalue weighted by molar-refractivity contribution is 6.01. The fraction of sp³-hybridized carbons (Fsp3) is 0.133. The van der Waals surface area contributed by atoms with E-state index < -0.39 is 0 Å². The van der Waals surface area contributed by atoms with Crippen molar-refractivity contribution in [1.82, 2.24) is 14.7 Å². The normalized spacial score (nSPS) is 10.9. The van der Waals surface area contributed by atoms with Gasteiger partial charge in [-0.05, 0) is 41.3 Å². The van der Waals surface area contributed by atoms with Gasteiger partial charge in [-0.2, -0.15) is 0 Å². The van der Waals surface area contributed by atoms with Crippen LogP contribution in [0.4, 0.5) is 5.82 Å². The molecule has 2 aromatic heterocycles. The predicted molar refractivity (Wildman–Crippen MR) is 145 cm³/mol. The average molecular weight is 476 g/mol. The van der Waals surface area contributed by atoms with Crippen LogP contribution in [0.25, 0.3) is 16.9 Å². The zero-order valence-corrected chi connectivity index (χ0v) is 20.2. The van der Waals surface area contributed by atoms with Crippen molar-refractivity contribution in [2.75, 3.05) is 5.32 Å². The van der Waals surface area contributed by atoms with Crippen LogP contribution in [-0.4, -0.2) is 15.3 Å². The first-order valence-corrected chi connectivity index (χ1v) is 12.0. The molecule has 0 saturated carbocycles. The lowest BCUT2D eigenvalue weighted by Gasteiger charge is -2.11. The van der Waals surface area contributed by atoms with Crippen LogP contribution in [0.1, 0.15) is 32.6 Å². The molecule has 6 nitrogen and oxygen atoms in total. The standard InChI is InChI=1S/C30H29N5O/c1-21-9-5-6-14-25(21)27-29(32-19-22-10-3-2-4-11-22)35-16-8-15-26(28(35)34-27)30(36)33-20-24-13-7-12-23(17-24)18-31/h2-17,32H,18-20,31H2,1H3,(H,33,36). The molecule has 0 saturated heterocycles. The molecule has 180 valence electrons. The molecule has 5 rings (SSSR count). The Labute approximate surface area is 210 Å². The first kappa shape index (κ1) is 23.3. The first-order chi connectivity index (χ1) is 17.6. The molecule has 3 aromatic carbocycles. The molecule has 1 amide bonds. The van der Waals surface area contributed by atoms with Gasteiger partial charge in [0.05, 0.1) is 5.56 Å². The smallest absolute Gasteiger partial charge is 0.255 e. The minimum Gasteiger partial charge on any atom is -0.365 e. The van der Waals surface area contributed by atoms with Gasteiger partial charge in [0.15, 0.2) is 5.65 Å². The highest BCUT2D eigenvalue weighted by Crippen LogP contribution is 2.32. The molecule has 0 spiro atoms. The van der Waals surface area contributed by atoms with Gasteiger partial charge in [0.25, 0.3) is 5.91 Å². The van der Waals surface area contributed by atoms with Crippen LogP contribution >= 0.6 is 0 Å². The van der Waals surface area contributed by atoms with Gasteiger partial charge in [-0.3, -0.25) is 9.20 Å². The summed E-state index contributed by atoms with van der Waals surface area (Å²) in [5, 5.41) is 6.61. The first-order valence-electron chi connectivity index (χ1n) is 12.0. The molecular weight excluding hydrogens is 446 g/mol. The molecule has 6 heteroatoms. The van der Waals surface area contributed by atoms with Gasteiger partial charge < -0.3 is 16.4 Å². The summed E-state index contributed by atoms with van der Waals surface area (Å²) in [7, 11) is 0. The summed E-state index contributed by atoms with van der Waals surface area (Å²) in [5.74, 6) is 0.683. The van der Waals surface area contributed by atoms with Gasteiger partial charge in [-0.15, -0.1) is 0 Å². The number of carbonyl (C=O) groups is 1. The molecule has 0 aliphatic rings. The Hall–Kier alpha value is -4.42. The second-order valence-corrected chi connectivity index (χ2v) is 8.79. The molecule has 0 unspecified atom stereocenters. The lowest BCUT2D eigenvalue weighted by molar-refractivity contribution is 0.0952. The fourth-order valence-corrected chi connectivity index (χ4v) is 4.37. The SMILES string of the molecule is Cc1ccccc1-c1nc2c(C(=O)NCc3cccc(CN)c3)cccn2c1NCc1ccccc1. The molecular formula is C30H29N5O. The van der Waals surface area contributed by atoms with Crippen molar-refractivity contribution >= 4 is 17.4 Å². The highest BCUT2D eigenvalue weighted by Gasteiger charge is 2.20. The van der Waals surface area contributed by atoms with Crippen LogP contribution in [0.3, 0.4) is 0 Å². The monoisotopic (exact) mass is 475 g/mol. The van der Waals surface area contributed by atoms with E-state index in [-0.39, 0.29) is 5.91 Å². The summed E-state index contributed by atoms with van der Waals surface area (Å²) >= 11 is 0. The van der Waals surface area contributed by atoms with Crippen molar-refractivity contribution in [3.8, 4) is 11.3 Å². The van der Waals surface area contributed by atoms with Gasteiger partial charge in [-0.1, -0.05) is 78.9 Å². The Morgan fingerprint density at radius 3 is 2.42 bits per heavy atom. The molecule has 5 aromatic rings. The zero-order valence-electron chi connectivity index (χ0n) is 20.2. The second-order valence-electron chi connectivity index (χ2n) is 8.79. The summed E-state index contributed by atoms with van der Waals surface area (Å²) in [6.45, 7) is 3.60. The number of aromatic nitrogens is 2. The van der Waals surface area contributed by atoms with E-state index in [0.29, 0.717) is 30.8 Å². The number of nitrogens with one attached hydrogen (secondary N) is 2. The molecule has 0 aliphatic heterocycles. The van der Waals surface area contributed by atoms with Gasteiger partial charge >= 0.3 is 0 Å². The molecule has 36 heavy (non-hydrogen) atoms. The Morgan fingerprint density at radius 1 is 0.861 bits per heavy atom. The largest absolute Gasteiger partial charge is 0.365 e. The number of benzene rings is 3. The summed E-state index contributed by atoms with van der Waals surface area (Å²) in [4.78, 5) is 18.3. The van der Waals surface area contributed by atoms with Crippen molar-refractivity contribution in [1.29, 1.82) is 0 Å². The van der Waals surface area contributed by atoms with E-state index in [1.165, 1.54) is 0 Å². The summed E-state index contributed by atoms with van der Waals surface area (Å²) in [5.41, 5.74) is 13.1. The molecule has 0 fully saturated rings. The topological polar surface area (TPSA) is 84.5 Å². The quantitative estimate of drug-likeness (QED) is 0.284. The van der Waals surface area contributed by atoms with Crippen LogP contribution in [0.5, 0.6) is 0 Å². The lowest BCUT2D eigenvalue weighted by Crippen LogP contribution is -2.23. The number of pyridine rings is 1. The van der Waals surface area contributed by atoms with Gasteiger partial charge in [-0.25, -0.2) is 4.98 Å². The summed E-state index contributed by atoms with van der Waals surface area (Å²) < 4.78 is 1.97. The number of hydrogen-bond acceptors (Lipinski definition) is 4. The van der Waals surface area contributed by atoms with Gasteiger partial charge in [0.2, 0.25) is 0 Å². The molecule has 0 bridgehead atoms. The summed E-state index contributed by atoms with van der Waals surface area (Å²) in [6.07, 6.45) is 1.94. The lowest BCUT2D eigenvalue weighted by atomic mass is 10.1. The zero-order chi connectivity index (χ0) is 24.9. The van der Waals surface area contributed by atoms with E-state index in [2.05, 4.69) is 41.8 Å². The van der Waals surface area contributed by atoms with Crippen LogP contribution in [0.15, 0.2) is 97.2 Å². The number of amides is 1. The van der Waals surface area contributed by atoms with Crippen molar-refractivity contribution in [2.45, 2.75) is 26.6 Å². The van der Waals surface area contributed by atoms with Crippen LogP contribution in [0, 0.1) is 6.92 Å². The summed E-state index contributed by atoms with van der Waals surface area (Å²) in [6, 6.07) is 30.0. The van der Waals surface area contributed by atoms with Crippen molar-refractivity contribution in [2.24, 2.45) is 5.73 Å². The van der Waals surface area contributed by atoms with Crippen LogP contribution < -0.4 is 16.4 Å². The van der Waals surface area contributed by atoms with Crippen LogP contribution in [-0.2, 0) is 19.6 Å². The van der Waals surface area contributed by atoms with Gasteiger partial charge in [0, 0.05) is 31.4 Å². The minimum atomic E-state index is -0.172. The van der Waals surface area contributed by atoms with Gasteiger partial charge in [0.1, 0.15) is 11.5 Å². The maximum atomic E-state index is 13.3. The van der Waals surface area contributed by atoms with E-state index in [9.17, 15) is 4.79 Å². The molecule has 4 N–H and O–H groups in total. The number of nitrogens with two attached hydrogens (primary N) is 1. The van der Waals surface area contributed by atoms with Crippen molar-refractivity contribution in [3.63, 3.8) is 0 Å². The Balaban J connectivity index is 1.51. The second kappa shape index (κ2) is 10.5. The number of nitrogens with zero attached hydrogens (tertiary/aromatic N) is 2. The number of hydrogen-bond donors (Lipinski definition) is 3.